The van der Waals surface area contributed by atoms with E-state index in [4.69, 9.17) is 23.2 Å². The van der Waals surface area contributed by atoms with Gasteiger partial charge in [-0.05, 0) is 63.3 Å². The Hall–Kier alpha value is -1.93. The number of rotatable bonds is 6. The molecule has 0 radical (unpaired) electrons. The number of likely N-dealkylation sites (tertiary alicyclic amines) is 2. The fraction of sp³-hybridized carbons (Fsp3) is 0.542. The van der Waals surface area contributed by atoms with Crippen molar-refractivity contribution >= 4 is 34.9 Å². The first-order chi connectivity index (χ1) is 15.9. The highest BCUT2D eigenvalue weighted by molar-refractivity contribution is 6.42. The summed E-state index contributed by atoms with van der Waals surface area (Å²) in [7, 11) is 0. The lowest BCUT2D eigenvalue weighted by molar-refractivity contribution is 0.0239. The lowest BCUT2D eigenvalue weighted by Gasteiger charge is -2.41. The van der Waals surface area contributed by atoms with Crippen LogP contribution in [0.5, 0.6) is 0 Å². The van der Waals surface area contributed by atoms with Crippen molar-refractivity contribution in [2.24, 2.45) is 0 Å². The van der Waals surface area contributed by atoms with Crippen molar-refractivity contribution in [3.63, 3.8) is 0 Å². The molecule has 2 aromatic rings. The van der Waals surface area contributed by atoms with E-state index in [9.17, 15) is 9.90 Å². The second-order valence-corrected chi connectivity index (χ2v) is 9.75. The third-order valence-corrected chi connectivity index (χ3v) is 7.41. The minimum atomic E-state index is -0.218. The summed E-state index contributed by atoms with van der Waals surface area (Å²) < 4.78 is 0. The maximum Gasteiger partial charge on any atom is 0.272 e. The number of hydrogen-bond acceptors (Lipinski definition) is 6. The van der Waals surface area contributed by atoms with Crippen LogP contribution in [0.15, 0.2) is 24.5 Å². The number of carbonyl (C=O) groups excluding carboxylic acids is 1. The highest BCUT2D eigenvalue weighted by Gasteiger charge is 2.31. The third kappa shape index (κ3) is 5.96. The van der Waals surface area contributed by atoms with Gasteiger partial charge in [0.2, 0.25) is 0 Å². The molecule has 2 aliphatic heterocycles. The zero-order valence-corrected chi connectivity index (χ0v) is 20.4. The topological polar surface area (TPSA) is 81.6 Å². The Labute approximate surface area is 205 Å². The number of nitrogens with zero attached hydrogens (tertiary/aromatic N) is 4. The van der Waals surface area contributed by atoms with E-state index in [2.05, 4.69) is 20.2 Å². The molecule has 0 saturated carbocycles. The number of anilines is 1. The van der Waals surface area contributed by atoms with Crippen LogP contribution in [0.3, 0.4) is 0 Å². The third-order valence-electron chi connectivity index (χ3n) is 6.67. The molecule has 178 valence electrons. The Bertz CT molecular complexity index is 981. The summed E-state index contributed by atoms with van der Waals surface area (Å²) in [5.74, 6) is 0.630. The Morgan fingerprint density at radius 3 is 2.67 bits per heavy atom. The van der Waals surface area contributed by atoms with Crippen molar-refractivity contribution in [1.29, 1.82) is 0 Å². The van der Waals surface area contributed by atoms with Crippen molar-refractivity contribution in [3.05, 3.63) is 51.4 Å². The van der Waals surface area contributed by atoms with Crippen LogP contribution < -0.4 is 5.32 Å². The van der Waals surface area contributed by atoms with Gasteiger partial charge in [0, 0.05) is 37.8 Å². The normalized spacial score (nSPS) is 20.1. The SMILES string of the molecule is Cc1c(NCCc2ccc(Cl)c(Cl)c2)ncnc1C(=O)N1CCC(N2CCC[C@H](O)C2)CC1. The molecule has 2 fully saturated rings. The van der Waals surface area contributed by atoms with Gasteiger partial charge < -0.3 is 15.3 Å². The van der Waals surface area contributed by atoms with Gasteiger partial charge in [0.15, 0.2) is 0 Å². The molecular formula is C24H31Cl2N5O2. The van der Waals surface area contributed by atoms with Gasteiger partial charge in [-0.3, -0.25) is 9.69 Å². The van der Waals surface area contributed by atoms with E-state index in [0.717, 1.165) is 56.3 Å². The van der Waals surface area contributed by atoms with Gasteiger partial charge in [0.25, 0.3) is 5.91 Å². The van der Waals surface area contributed by atoms with Crippen LogP contribution in [-0.2, 0) is 6.42 Å². The second kappa shape index (κ2) is 11.0. The van der Waals surface area contributed by atoms with E-state index < -0.39 is 0 Å². The molecule has 3 heterocycles. The molecule has 7 nitrogen and oxygen atoms in total. The van der Waals surface area contributed by atoms with Gasteiger partial charge >= 0.3 is 0 Å². The number of nitrogens with one attached hydrogen (secondary N) is 1. The van der Waals surface area contributed by atoms with E-state index in [1.54, 1.807) is 6.07 Å². The first-order valence-electron chi connectivity index (χ1n) is 11.6. The van der Waals surface area contributed by atoms with Crippen LogP contribution >= 0.6 is 23.2 Å². The Kier molecular flexibility index (Phi) is 8.07. The van der Waals surface area contributed by atoms with E-state index in [0.29, 0.717) is 47.2 Å². The predicted molar refractivity (Wildman–Crippen MR) is 131 cm³/mol. The average Bonchev–Trinajstić information content (AvgIpc) is 2.82. The molecular weight excluding hydrogens is 461 g/mol. The van der Waals surface area contributed by atoms with Crippen molar-refractivity contribution < 1.29 is 9.90 Å². The van der Waals surface area contributed by atoms with Gasteiger partial charge in [-0.25, -0.2) is 9.97 Å². The summed E-state index contributed by atoms with van der Waals surface area (Å²) in [6, 6.07) is 6.05. The quantitative estimate of drug-likeness (QED) is 0.639. The van der Waals surface area contributed by atoms with Crippen LogP contribution in [0.1, 0.15) is 47.3 Å². The molecule has 1 aromatic heterocycles. The van der Waals surface area contributed by atoms with E-state index in [1.807, 2.05) is 24.0 Å². The average molecular weight is 492 g/mol. The molecule has 33 heavy (non-hydrogen) atoms. The second-order valence-electron chi connectivity index (χ2n) is 8.94. The number of carbonyl (C=O) groups is 1. The highest BCUT2D eigenvalue weighted by atomic mass is 35.5. The largest absolute Gasteiger partial charge is 0.392 e. The van der Waals surface area contributed by atoms with Crippen LogP contribution in [-0.4, -0.2) is 75.7 Å². The number of benzene rings is 1. The van der Waals surface area contributed by atoms with Gasteiger partial charge in [-0.15, -0.1) is 0 Å². The molecule has 0 unspecified atom stereocenters. The minimum Gasteiger partial charge on any atom is -0.392 e. The number of aromatic nitrogens is 2. The maximum absolute atomic E-state index is 13.2. The molecule has 4 rings (SSSR count). The number of hydrogen-bond donors (Lipinski definition) is 2. The molecule has 1 atom stereocenters. The molecule has 0 bridgehead atoms. The number of aliphatic hydroxyl groups is 1. The maximum atomic E-state index is 13.2. The van der Waals surface area contributed by atoms with Gasteiger partial charge in [-0.2, -0.15) is 0 Å². The molecule has 0 spiro atoms. The van der Waals surface area contributed by atoms with Gasteiger partial charge in [0.1, 0.15) is 17.8 Å². The molecule has 1 amide bonds. The number of amides is 1. The lowest BCUT2D eigenvalue weighted by Crippen LogP contribution is -2.50. The summed E-state index contributed by atoms with van der Waals surface area (Å²) in [5, 5.41) is 14.4. The molecule has 9 heteroatoms. The number of piperidine rings is 2. The van der Waals surface area contributed by atoms with E-state index >= 15 is 0 Å². The number of halogens is 2. The molecule has 2 aliphatic rings. The molecule has 1 aromatic carbocycles. The summed E-state index contributed by atoms with van der Waals surface area (Å²) in [4.78, 5) is 26.1. The van der Waals surface area contributed by atoms with E-state index in [1.165, 1.54) is 6.33 Å². The van der Waals surface area contributed by atoms with Crippen molar-refractivity contribution in [2.75, 3.05) is 38.0 Å². The first kappa shape index (κ1) is 24.2. The van der Waals surface area contributed by atoms with Gasteiger partial charge in [-0.1, -0.05) is 29.3 Å². The molecule has 0 aliphatic carbocycles. The van der Waals surface area contributed by atoms with Crippen LogP contribution in [0.2, 0.25) is 10.0 Å². The molecule has 2 saturated heterocycles. The van der Waals surface area contributed by atoms with Crippen LogP contribution in [0.25, 0.3) is 0 Å². The standard InChI is InChI=1S/C24H31Cl2N5O2/c1-16-22(24(33)30-11-7-18(8-12-30)31-10-2-3-19(32)14-31)28-15-29-23(16)27-9-6-17-4-5-20(25)21(26)13-17/h4-5,13,15,18-19,32H,2-3,6-12,14H2,1H3,(H,27,28,29)/t19-/m0/s1. The Morgan fingerprint density at radius 2 is 1.94 bits per heavy atom. The van der Waals surface area contributed by atoms with Crippen molar-refractivity contribution in [1.82, 2.24) is 19.8 Å². The fourth-order valence-electron chi connectivity index (χ4n) is 4.76. The zero-order chi connectivity index (χ0) is 23.4. The monoisotopic (exact) mass is 491 g/mol. The summed E-state index contributed by atoms with van der Waals surface area (Å²) in [5.41, 5.74) is 2.29. The van der Waals surface area contributed by atoms with Crippen molar-refractivity contribution in [2.45, 2.75) is 51.2 Å². The highest BCUT2D eigenvalue weighted by Crippen LogP contribution is 2.24. The predicted octanol–water partition coefficient (Wildman–Crippen LogP) is 3.81. The van der Waals surface area contributed by atoms with Crippen LogP contribution in [0, 0.1) is 6.92 Å². The number of β-amino-alcohol motifs (C(OH)–C–C–N with tert-alkyl or cyclic N) is 1. The molecule has 2 N–H and O–H groups in total. The Balaban J connectivity index is 1.33. The summed E-state index contributed by atoms with van der Waals surface area (Å²) >= 11 is 12.1. The van der Waals surface area contributed by atoms with Gasteiger partial charge in [0.05, 0.1) is 16.1 Å². The van der Waals surface area contributed by atoms with Crippen LogP contribution in [0.4, 0.5) is 5.82 Å². The number of aliphatic hydroxyl groups excluding tert-OH is 1. The Morgan fingerprint density at radius 1 is 1.15 bits per heavy atom. The smallest absolute Gasteiger partial charge is 0.272 e. The summed E-state index contributed by atoms with van der Waals surface area (Å²) in [6.45, 7) is 5.74. The van der Waals surface area contributed by atoms with E-state index in [-0.39, 0.29) is 12.0 Å². The lowest BCUT2D eigenvalue weighted by atomic mass is 9.98. The minimum absolute atomic E-state index is 0.0421. The first-order valence-corrected chi connectivity index (χ1v) is 12.4. The fourth-order valence-corrected chi connectivity index (χ4v) is 5.08. The summed E-state index contributed by atoms with van der Waals surface area (Å²) in [6.07, 6.45) is 5.77. The van der Waals surface area contributed by atoms with Crippen molar-refractivity contribution in [3.8, 4) is 0 Å². The zero-order valence-electron chi connectivity index (χ0n) is 18.9.